The molecule has 1 unspecified atom stereocenters. The summed E-state index contributed by atoms with van der Waals surface area (Å²) in [6, 6.07) is 13.3. The summed E-state index contributed by atoms with van der Waals surface area (Å²) in [6.07, 6.45) is 2.40. The van der Waals surface area contributed by atoms with Gasteiger partial charge in [-0.15, -0.1) is 0 Å². The van der Waals surface area contributed by atoms with E-state index in [0.717, 1.165) is 11.1 Å². The predicted molar refractivity (Wildman–Crippen MR) is 139 cm³/mol. The van der Waals surface area contributed by atoms with Crippen LogP contribution in [0, 0.1) is 12.7 Å². The van der Waals surface area contributed by atoms with E-state index in [9.17, 15) is 8.96 Å². The van der Waals surface area contributed by atoms with Crippen molar-refractivity contribution in [2.24, 2.45) is 0 Å². The second-order valence-corrected chi connectivity index (χ2v) is 10.6. The third kappa shape index (κ3) is 7.33. The first-order valence-corrected chi connectivity index (χ1v) is 13.6. The number of imidazole rings is 1. The van der Waals surface area contributed by atoms with Gasteiger partial charge in [0.15, 0.2) is 11.5 Å². The van der Waals surface area contributed by atoms with Gasteiger partial charge >= 0.3 is 7.52 Å². The lowest BCUT2D eigenvalue weighted by atomic mass is 10.1. The van der Waals surface area contributed by atoms with E-state index in [1.54, 1.807) is 10.9 Å². The van der Waals surface area contributed by atoms with Crippen LogP contribution in [-0.2, 0) is 27.2 Å². The van der Waals surface area contributed by atoms with Crippen molar-refractivity contribution < 1.29 is 23.0 Å². The first kappa shape index (κ1) is 26.7. The van der Waals surface area contributed by atoms with Gasteiger partial charge < -0.3 is 24.3 Å². The highest BCUT2D eigenvalue weighted by molar-refractivity contribution is 7.57. The number of nitrogens with zero attached hydrogens (tertiary/aromatic N) is 4. The summed E-state index contributed by atoms with van der Waals surface area (Å²) in [4.78, 5) is 12.4. The SMILES string of the molecule is Cc1ccccc1COCCNP(=O)(CO[C@H](C)Cn1cnc2c(N)ncnc21)Oc1ccc(F)cc1. The Morgan fingerprint density at radius 2 is 1.92 bits per heavy atom. The Hall–Kier alpha value is -3.37. The van der Waals surface area contributed by atoms with Gasteiger partial charge in [-0.3, -0.25) is 4.57 Å². The maximum absolute atomic E-state index is 13.7. The number of anilines is 1. The molecule has 0 spiro atoms. The number of rotatable bonds is 13. The fourth-order valence-electron chi connectivity index (χ4n) is 3.60. The lowest BCUT2D eigenvalue weighted by molar-refractivity contribution is 0.0815. The van der Waals surface area contributed by atoms with Crippen molar-refractivity contribution in [2.75, 3.05) is 25.2 Å². The van der Waals surface area contributed by atoms with Crippen molar-refractivity contribution in [3.63, 3.8) is 0 Å². The van der Waals surface area contributed by atoms with Crippen LogP contribution in [0.15, 0.2) is 61.2 Å². The zero-order valence-corrected chi connectivity index (χ0v) is 21.6. The Kier molecular flexibility index (Phi) is 8.83. The third-order valence-corrected chi connectivity index (χ3v) is 7.30. The van der Waals surface area contributed by atoms with E-state index in [1.807, 2.05) is 38.1 Å². The van der Waals surface area contributed by atoms with Crippen LogP contribution in [0.25, 0.3) is 11.2 Å². The van der Waals surface area contributed by atoms with Gasteiger partial charge in [0.05, 0.1) is 32.2 Å². The molecule has 4 aromatic rings. The summed E-state index contributed by atoms with van der Waals surface area (Å²) in [5.74, 6) is 0.145. The lowest BCUT2D eigenvalue weighted by Crippen LogP contribution is -2.25. The van der Waals surface area contributed by atoms with Crippen LogP contribution in [0.4, 0.5) is 10.2 Å². The lowest BCUT2D eigenvalue weighted by Gasteiger charge is -2.23. The molecule has 12 heteroatoms. The molecule has 4 rings (SSSR count). The number of ether oxygens (including phenoxy) is 2. The van der Waals surface area contributed by atoms with Crippen molar-refractivity contribution in [2.45, 2.75) is 33.1 Å². The molecule has 0 saturated carbocycles. The number of nitrogens with one attached hydrogen (secondary N) is 1. The van der Waals surface area contributed by atoms with Crippen molar-refractivity contribution in [1.82, 2.24) is 24.6 Å². The highest BCUT2D eigenvalue weighted by Crippen LogP contribution is 2.43. The Morgan fingerprint density at radius 1 is 1.14 bits per heavy atom. The number of aryl methyl sites for hydroxylation is 1. The Balaban J connectivity index is 1.35. The molecule has 2 aromatic heterocycles. The average Bonchev–Trinajstić information content (AvgIpc) is 3.29. The van der Waals surface area contributed by atoms with Gasteiger partial charge in [0.1, 0.15) is 29.8 Å². The van der Waals surface area contributed by atoms with E-state index >= 15 is 0 Å². The van der Waals surface area contributed by atoms with Gasteiger partial charge in [0.25, 0.3) is 0 Å². The van der Waals surface area contributed by atoms with Crippen LogP contribution in [0.2, 0.25) is 0 Å². The number of benzene rings is 2. The topological polar surface area (TPSA) is 126 Å². The number of fused-ring (bicyclic) bond motifs is 1. The molecule has 0 fully saturated rings. The number of hydrogen-bond donors (Lipinski definition) is 2. The summed E-state index contributed by atoms with van der Waals surface area (Å²) in [7, 11) is -3.52. The van der Waals surface area contributed by atoms with Crippen LogP contribution in [-0.4, -0.2) is 45.1 Å². The van der Waals surface area contributed by atoms with Crippen LogP contribution in [0.3, 0.4) is 0 Å². The maximum atomic E-state index is 13.7. The zero-order valence-electron chi connectivity index (χ0n) is 20.7. The van der Waals surface area contributed by atoms with Crippen molar-refractivity contribution in [3.8, 4) is 5.75 Å². The summed E-state index contributed by atoms with van der Waals surface area (Å²) >= 11 is 0. The van der Waals surface area contributed by atoms with Gasteiger partial charge in [0, 0.05) is 6.54 Å². The molecule has 0 radical (unpaired) electrons. The van der Waals surface area contributed by atoms with Crippen LogP contribution >= 0.6 is 7.52 Å². The Morgan fingerprint density at radius 3 is 2.70 bits per heavy atom. The van der Waals surface area contributed by atoms with Gasteiger partial charge in [-0.05, 0) is 49.2 Å². The van der Waals surface area contributed by atoms with Gasteiger partial charge in [-0.2, -0.15) is 0 Å². The summed E-state index contributed by atoms with van der Waals surface area (Å²) < 4.78 is 46.2. The number of hydrogen-bond acceptors (Lipinski definition) is 8. The van der Waals surface area contributed by atoms with E-state index in [4.69, 9.17) is 19.7 Å². The molecule has 2 atom stereocenters. The monoisotopic (exact) mass is 528 g/mol. The normalized spacial score (nSPS) is 13.9. The first-order chi connectivity index (χ1) is 17.8. The maximum Gasteiger partial charge on any atom is 0.342 e. The largest absolute Gasteiger partial charge is 0.431 e. The highest BCUT2D eigenvalue weighted by Gasteiger charge is 2.26. The highest BCUT2D eigenvalue weighted by atomic mass is 31.2. The van der Waals surface area contributed by atoms with E-state index in [2.05, 4.69) is 20.0 Å². The molecule has 0 saturated heterocycles. The van der Waals surface area contributed by atoms with Gasteiger partial charge in [0.2, 0.25) is 0 Å². The van der Waals surface area contributed by atoms with E-state index in [1.165, 1.54) is 30.6 Å². The van der Waals surface area contributed by atoms with Crippen molar-refractivity contribution in [3.05, 3.63) is 78.1 Å². The molecular formula is C25H30FN6O4P. The summed E-state index contributed by atoms with van der Waals surface area (Å²) in [5.41, 5.74) is 9.17. The second kappa shape index (κ2) is 12.2. The van der Waals surface area contributed by atoms with E-state index in [-0.39, 0.29) is 24.7 Å². The Bertz CT molecular complexity index is 1370. The quantitative estimate of drug-likeness (QED) is 0.193. The predicted octanol–water partition coefficient (Wildman–Crippen LogP) is 4.30. The number of nitrogen functional groups attached to an aromatic ring is 1. The molecule has 0 amide bonds. The van der Waals surface area contributed by atoms with Gasteiger partial charge in [-0.1, -0.05) is 24.3 Å². The second-order valence-electron chi connectivity index (χ2n) is 8.54. The molecular weight excluding hydrogens is 498 g/mol. The van der Waals surface area contributed by atoms with Gasteiger partial charge in [-0.25, -0.2) is 24.4 Å². The van der Waals surface area contributed by atoms with Crippen molar-refractivity contribution >= 4 is 24.5 Å². The standard InChI is InChI=1S/C25H30FN6O4P/c1-18-5-3-4-6-20(18)14-34-12-11-31-37(33,36-22-9-7-21(26)8-10-22)17-35-19(2)13-32-16-30-23-24(27)28-15-29-25(23)32/h3-10,15-16,19H,11-14,17H2,1-2H3,(H,31,33)(H2,27,28,29)/t19-,37?/m1/s1. The molecule has 0 bridgehead atoms. The summed E-state index contributed by atoms with van der Waals surface area (Å²) in [5, 5.41) is 2.94. The molecule has 0 aliphatic carbocycles. The fraction of sp³-hybridized carbons (Fsp3) is 0.320. The number of halogens is 1. The minimum Gasteiger partial charge on any atom is -0.431 e. The average molecular weight is 529 g/mol. The molecule has 2 aromatic carbocycles. The molecule has 10 nitrogen and oxygen atoms in total. The molecule has 0 aliphatic heterocycles. The minimum absolute atomic E-state index is 0.215. The fourth-order valence-corrected chi connectivity index (χ4v) is 5.15. The molecule has 3 N–H and O–H groups in total. The molecule has 196 valence electrons. The van der Waals surface area contributed by atoms with Crippen LogP contribution < -0.4 is 15.3 Å². The molecule has 37 heavy (non-hydrogen) atoms. The smallest absolute Gasteiger partial charge is 0.342 e. The third-order valence-electron chi connectivity index (χ3n) is 5.60. The van der Waals surface area contributed by atoms with E-state index in [0.29, 0.717) is 36.7 Å². The minimum atomic E-state index is -3.52. The first-order valence-electron chi connectivity index (χ1n) is 11.8. The van der Waals surface area contributed by atoms with Crippen LogP contribution in [0.5, 0.6) is 5.75 Å². The van der Waals surface area contributed by atoms with Crippen molar-refractivity contribution in [1.29, 1.82) is 0 Å². The Labute approximate surface area is 214 Å². The summed E-state index contributed by atoms with van der Waals surface area (Å²) in [6.45, 7) is 5.27. The molecule has 2 heterocycles. The zero-order chi connectivity index (χ0) is 26.3. The van der Waals surface area contributed by atoms with E-state index < -0.39 is 13.3 Å². The van der Waals surface area contributed by atoms with Crippen LogP contribution in [0.1, 0.15) is 18.1 Å². The number of aromatic nitrogens is 4. The molecule has 0 aliphatic rings. The number of nitrogens with two attached hydrogens (primary N) is 1.